The summed E-state index contributed by atoms with van der Waals surface area (Å²) in [5.74, 6) is -5.46. The Balaban J connectivity index is 1.30. The molecule has 0 saturated carbocycles. The maximum Gasteiger partial charge on any atom is 0.335 e. The van der Waals surface area contributed by atoms with Gasteiger partial charge in [0.15, 0.2) is 0 Å². The van der Waals surface area contributed by atoms with E-state index in [2.05, 4.69) is 21.3 Å². The molecule has 68 heavy (non-hydrogen) atoms. The van der Waals surface area contributed by atoms with E-state index in [0.29, 0.717) is 74.6 Å². The fourth-order valence-corrected chi connectivity index (χ4v) is 7.11. The Labute approximate surface area is 392 Å². The first-order valence-electron chi connectivity index (χ1n) is 21.9. The van der Waals surface area contributed by atoms with Crippen LogP contribution < -0.4 is 21.3 Å². The summed E-state index contributed by atoms with van der Waals surface area (Å²) in [6.07, 6.45) is 0. The lowest BCUT2D eigenvalue weighted by atomic mass is 10.1. The number of nitrogens with one attached hydrogen (secondary N) is 4. The first kappa shape index (κ1) is 51.5. The number of carbonyl (C=O) groups excluding carboxylic acids is 4. The van der Waals surface area contributed by atoms with E-state index in [-0.39, 0.29) is 98.2 Å². The van der Waals surface area contributed by atoms with Crippen LogP contribution >= 0.6 is 0 Å². The Bertz CT molecular complexity index is 2030. The number of carboxylic acids is 4. The fourth-order valence-electron chi connectivity index (χ4n) is 7.11. The van der Waals surface area contributed by atoms with Gasteiger partial charge in [-0.05, 0) is 70.8 Å². The van der Waals surface area contributed by atoms with E-state index in [1.54, 1.807) is 48.5 Å². The molecule has 20 nitrogen and oxygen atoms in total. The van der Waals surface area contributed by atoms with Crippen molar-refractivity contribution < 1.29 is 58.8 Å². The van der Waals surface area contributed by atoms with Crippen molar-refractivity contribution in [3.05, 3.63) is 142 Å². The van der Waals surface area contributed by atoms with Crippen molar-refractivity contribution in [2.45, 2.75) is 26.2 Å². The lowest BCUT2D eigenvalue weighted by molar-refractivity contribution is -0.125. The number of carboxylic acid groups (broad SMARTS) is 4. The van der Waals surface area contributed by atoms with Gasteiger partial charge < -0.3 is 41.7 Å². The maximum absolute atomic E-state index is 13.4. The van der Waals surface area contributed by atoms with Crippen LogP contribution in [0.2, 0.25) is 0 Å². The molecule has 5 rings (SSSR count). The molecule has 0 bridgehead atoms. The lowest BCUT2D eigenvalue weighted by Gasteiger charge is -2.33. The second-order valence-corrected chi connectivity index (χ2v) is 16.2. The standard InChI is InChI=1S/C48H56N8O12/c57-41(49-25-33-1-9-37(10-2-33)45(61)62)29-53-17-19-54(30-42(58)50-26-34-3-11-38(12-4-34)46(63)64)21-23-56(32-44(60)52-28-36-7-15-40(16-8-36)48(67)68)24-22-55(20-18-53)31-43(59)51-27-35-5-13-39(14-6-35)47(65)66/h1-16H,17-32H2,(H,49,57)(H,50,58)(H,51,59)(H,52,60)(H,61,62)(H,63,64)(H,65,66)(H,67,68). The zero-order chi connectivity index (χ0) is 49.0. The van der Waals surface area contributed by atoms with E-state index in [9.17, 15) is 58.8 Å². The van der Waals surface area contributed by atoms with Crippen LogP contribution in [-0.2, 0) is 45.4 Å². The lowest BCUT2D eigenvalue weighted by Crippen LogP contribution is -2.51. The van der Waals surface area contributed by atoms with Crippen molar-refractivity contribution >= 4 is 47.5 Å². The Kier molecular flexibility index (Phi) is 19.7. The van der Waals surface area contributed by atoms with Crippen LogP contribution in [0.3, 0.4) is 0 Å². The van der Waals surface area contributed by atoms with E-state index in [1.165, 1.54) is 48.5 Å². The largest absolute Gasteiger partial charge is 0.478 e. The molecule has 360 valence electrons. The van der Waals surface area contributed by atoms with Crippen molar-refractivity contribution in [2.75, 3.05) is 78.5 Å². The molecule has 4 aromatic carbocycles. The minimum absolute atomic E-state index is 0.0305. The van der Waals surface area contributed by atoms with Crippen molar-refractivity contribution in [2.24, 2.45) is 0 Å². The van der Waals surface area contributed by atoms with Crippen molar-refractivity contribution in [3.63, 3.8) is 0 Å². The van der Waals surface area contributed by atoms with Crippen molar-refractivity contribution in [1.82, 2.24) is 40.9 Å². The first-order chi connectivity index (χ1) is 32.6. The molecule has 0 atom stereocenters. The van der Waals surface area contributed by atoms with Gasteiger partial charge in [0, 0.05) is 78.5 Å². The minimum atomic E-state index is -1.06. The highest BCUT2D eigenvalue weighted by Crippen LogP contribution is 2.09. The van der Waals surface area contributed by atoms with E-state index in [1.807, 2.05) is 19.6 Å². The molecule has 0 unspecified atom stereocenters. The van der Waals surface area contributed by atoms with Gasteiger partial charge in [-0.15, -0.1) is 0 Å². The van der Waals surface area contributed by atoms with E-state index in [0.717, 1.165) is 0 Å². The molecule has 8 N–H and O–H groups in total. The molecule has 1 aliphatic heterocycles. The van der Waals surface area contributed by atoms with Gasteiger partial charge in [0.1, 0.15) is 0 Å². The second-order valence-electron chi connectivity index (χ2n) is 16.2. The summed E-state index contributed by atoms with van der Waals surface area (Å²) in [6.45, 7) is 3.16. The van der Waals surface area contributed by atoms with Crippen molar-refractivity contribution in [1.29, 1.82) is 0 Å². The molecule has 0 spiro atoms. The van der Waals surface area contributed by atoms with Gasteiger partial charge in [0.2, 0.25) is 23.6 Å². The number of carbonyl (C=O) groups is 8. The molecule has 1 heterocycles. The van der Waals surface area contributed by atoms with Crippen LogP contribution in [0.4, 0.5) is 0 Å². The molecule has 0 aromatic heterocycles. The van der Waals surface area contributed by atoms with Gasteiger partial charge in [-0.1, -0.05) is 48.5 Å². The summed E-state index contributed by atoms with van der Waals surface area (Å²) in [7, 11) is 0. The molecular formula is C48H56N8O12. The average Bonchev–Trinajstić information content (AvgIpc) is 3.32. The molecule has 4 amide bonds. The third-order valence-corrected chi connectivity index (χ3v) is 11.2. The van der Waals surface area contributed by atoms with Gasteiger partial charge in [0.05, 0.1) is 48.4 Å². The maximum atomic E-state index is 13.4. The number of hydrogen-bond acceptors (Lipinski definition) is 12. The number of rotatable bonds is 20. The van der Waals surface area contributed by atoms with Gasteiger partial charge in [0.25, 0.3) is 0 Å². The van der Waals surface area contributed by atoms with E-state index in [4.69, 9.17) is 0 Å². The predicted molar refractivity (Wildman–Crippen MR) is 247 cm³/mol. The molecule has 1 saturated heterocycles. The summed E-state index contributed by atoms with van der Waals surface area (Å²) in [6, 6.07) is 24.6. The van der Waals surface area contributed by atoms with Crippen LogP contribution in [0.1, 0.15) is 63.7 Å². The normalized spacial score (nSPS) is 14.4. The number of benzene rings is 4. The van der Waals surface area contributed by atoms with Crippen molar-refractivity contribution in [3.8, 4) is 0 Å². The third-order valence-electron chi connectivity index (χ3n) is 11.2. The Morgan fingerprint density at radius 2 is 0.471 bits per heavy atom. The Morgan fingerprint density at radius 3 is 0.618 bits per heavy atom. The topological polar surface area (TPSA) is 279 Å². The number of amides is 4. The predicted octanol–water partition coefficient (Wildman–Crippen LogP) is 1.27. The van der Waals surface area contributed by atoms with Gasteiger partial charge >= 0.3 is 23.9 Å². The smallest absolute Gasteiger partial charge is 0.335 e. The van der Waals surface area contributed by atoms with Crippen LogP contribution in [0, 0.1) is 0 Å². The molecule has 1 fully saturated rings. The Morgan fingerprint density at radius 1 is 0.309 bits per heavy atom. The summed E-state index contributed by atoms with van der Waals surface area (Å²) in [5, 5.41) is 48.5. The molecule has 20 heteroatoms. The number of nitrogens with zero attached hydrogens (tertiary/aromatic N) is 4. The molecule has 0 radical (unpaired) electrons. The van der Waals surface area contributed by atoms with Gasteiger partial charge in [-0.3, -0.25) is 38.8 Å². The summed E-state index contributed by atoms with van der Waals surface area (Å²) >= 11 is 0. The molecular weight excluding hydrogens is 881 g/mol. The average molecular weight is 937 g/mol. The Hall–Kier alpha value is -7.52. The van der Waals surface area contributed by atoms with Crippen LogP contribution in [0.15, 0.2) is 97.1 Å². The minimum Gasteiger partial charge on any atom is -0.478 e. The number of hydrogen-bond donors (Lipinski definition) is 8. The summed E-state index contributed by atoms with van der Waals surface area (Å²) < 4.78 is 0. The van der Waals surface area contributed by atoms with Crippen LogP contribution in [-0.4, -0.2) is 166 Å². The second kappa shape index (κ2) is 26.0. The van der Waals surface area contributed by atoms with E-state index >= 15 is 0 Å². The van der Waals surface area contributed by atoms with E-state index < -0.39 is 23.9 Å². The highest BCUT2D eigenvalue weighted by molar-refractivity contribution is 5.89. The number of aromatic carboxylic acids is 4. The monoisotopic (exact) mass is 936 g/mol. The highest BCUT2D eigenvalue weighted by atomic mass is 16.4. The zero-order valence-corrected chi connectivity index (χ0v) is 37.4. The quantitative estimate of drug-likeness (QED) is 0.0620. The molecule has 4 aromatic rings. The summed E-state index contributed by atoms with van der Waals surface area (Å²) in [5.41, 5.74) is 3.29. The molecule has 0 aliphatic carbocycles. The van der Waals surface area contributed by atoms with Crippen LogP contribution in [0.5, 0.6) is 0 Å². The SMILES string of the molecule is O=C(CN1CCN(CC(=O)NCc2ccc(C(=O)O)cc2)CCN(CC(=O)NCc2ccc(C(=O)O)cc2)CCN(CC(=O)NCc2ccc(C(=O)O)cc2)CC1)NCc1ccc(C(=O)O)cc1. The van der Waals surface area contributed by atoms with Crippen LogP contribution in [0.25, 0.3) is 0 Å². The summed E-state index contributed by atoms with van der Waals surface area (Å²) in [4.78, 5) is 107. The highest BCUT2D eigenvalue weighted by Gasteiger charge is 2.22. The third kappa shape index (κ3) is 17.7. The fraction of sp³-hybridized carbons (Fsp3) is 0.333. The van der Waals surface area contributed by atoms with Gasteiger partial charge in [-0.2, -0.15) is 0 Å². The first-order valence-corrected chi connectivity index (χ1v) is 21.9. The molecule has 1 aliphatic rings. The zero-order valence-electron chi connectivity index (χ0n) is 37.4. The van der Waals surface area contributed by atoms with Gasteiger partial charge in [-0.25, -0.2) is 19.2 Å².